The van der Waals surface area contributed by atoms with Crippen molar-refractivity contribution in [1.29, 1.82) is 0 Å². The zero-order valence-corrected chi connectivity index (χ0v) is 30.6. The molecule has 3 aromatic heterocycles. The molecular formula is C41H37FIrN2OSi-2. The quantitative estimate of drug-likeness (QED) is 0.131. The maximum absolute atomic E-state index is 14.8. The number of nitrogens with zero attached hydrogens (tertiary/aromatic N) is 2. The maximum atomic E-state index is 14.8. The molecular weight excluding hydrogens is 776 g/mol. The van der Waals surface area contributed by atoms with Crippen molar-refractivity contribution in [1.82, 2.24) is 9.97 Å². The van der Waals surface area contributed by atoms with Crippen molar-refractivity contribution in [3.8, 4) is 33.6 Å². The molecule has 0 amide bonds. The Labute approximate surface area is 295 Å². The van der Waals surface area contributed by atoms with E-state index in [-0.39, 0.29) is 25.9 Å². The van der Waals surface area contributed by atoms with Crippen LogP contribution in [0.2, 0.25) is 19.6 Å². The maximum Gasteiger partial charge on any atom is 0.147 e. The van der Waals surface area contributed by atoms with Gasteiger partial charge in [-0.1, -0.05) is 91.5 Å². The standard InChI is InChI=1S/C26H19FNO.C15H18NSi.Ir/c1-15-11-16(2)25(17(3)12-15)21-13-23(28-14-22(21)27)20-9-6-8-19-18-7-4-5-10-24(18)29-26(19)20;1-12-5-7-13(8-6-12)15-10-9-14(11-16-15)17(2,3)4;/h4-8,10-14H,1-3H3;5-7,9-11H,1-4H3;/q2*-1;/i;1D3;. The van der Waals surface area contributed by atoms with E-state index in [2.05, 4.69) is 66.9 Å². The number of rotatable bonds is 4. The Morgan fingerprint density at radius 3 is 2.19 bits per heavy atom. The molecule has 0 aliphatic heterocycles. The average molecular weight is 816 g/mol. The van der Waals surface area contributed by atoms with E-state index in [1.165, 1.54) is 23.0 Å². The van der Waals surface area contributed by atoms with Gasteiger partial charge < -0.3 is 14.4 Å². The minimum Gasteiger partial charge on any atom is -0.501 e. The minimum absolute atomic E-state index is 0. The molecule has 0 unspecified atom stereocenters. The molecule has 3 heterocycles. The topological polar surface area (TPSA) is 38.9 Å². The van der Waals surface area contributed by atoms with Crippen LogP contribution in [0.25, 0.3) is 55.6 Å². The van der Waals surface area contributed by atoms with Gasteiger partial charge in [0.15, 0.2) is 0 Å². The summed E-state index contributed by atoms with van der Waals surface area (Å²) in [4.78, 5) is 8.84. The van der Waals surface area contributed by atoms with Gasteiger partial charge in [-0.2, -0.15) is 0 Å². The summed E-state index contributed by atoms with van der Waals surface area (Å²) < 4.78 is 43.0. The summed E-state index contributed by atoms with van der Waals surface area (Å²) in [5.74, 6) is -0.333. The van der Waals surface area contributed by atoms with Gasteiger partial charge in [0.2, 0.25) is 0 Å². The van der Waals surface area contributed by atoms with Crippen LogP contribution in [-0.4, -0.2) is 18.0 Å². The van der Waals surface area contributed by atoms with Crippen LogP contribution in [0.15, 0.2) is 102 Å². The number of pyridine rings is 2. The largest absolute Gasteiger partial charge is 0.501 e. The number of para-hydroxylation sites is 1. The molecule has 1 radical (unpaired) electrons. The van der Waals surface area contributed by atoms with Crippen LogP contribution in [0.3, 0.4) is 0 Å². The van der Waals surface area contributed by atoms with E-state index in [4.69, 9.17) is 8.53 Å². The second-order valence-corrected chi connectivity index (χ2v) is 17.8. The van der Waals surface area contributed by atoms with E-state index in [0.29, 0.717) is 16.8 Å². The fraction of sp³-hybridized carbons (Fsp3) is 0.171. The van der Waals surface area contributed by atoms with Gasteiger partial charge in [0, 0.05) is 41.4 Å². The molecule has 0 N–H and O–H groups in total. The van der Waals surface area contributed by atoms with E-state index in [1.807, 2.05) is 62.5 Å². The van der Waals surface area contributed by atoms with Crippen molar-refractivity contribution in [3.63, 3.8) is 0 Å². The third-order valence-corrected chi connectivity index (χ3v) is 10.1. The molecule has 0 aliphatic carbocycles. The van der Waals surface area contributed by atoms with Crippen molar-refractivity contribution >= 4 is 35.2 Å². The van der Waals surface area contributed by atoms with Gasteiger partial charge in [-0.05, 0) is 60.1 Å². The Balaban J connectivity index is 0.000000204. The number of aromatic nitrogens is 2. The third kappa shape index (κ3) is 7.21. The third-order valence-electron chi connectivity index (χ3n) is 8.11. The zero-order valence-electron chi connectivity index (χ0n) is 30.3. The van der Waals surface area contributed by atoms with Crippen molar-refractivity contribution in [2.75, 3.05) is 0 Å². The van der Waals surface area contributed by atoms with Crippen molar-refractivity contribution < 1.29 is 33.0 Å². The fourth-order valence-electron chi connectivity index (χ4n) is 5.83. The molecule has 0 aliphatic rings. The second kappa shape index (κ2) is 13.9. The van der Waals surface area contributed by atoms with Gasteiger partial charge in [0.25, 0.3) is 0 Å². The Morgan fingerprint density at radius 2 is 1.53 bits per heavy atom. The summed E-state index contributed by atoms with van der Waals surface area (Å²) in [6.45, 7) is 10.8. The Morgan fingerprint density at radius 1 is 0.787 bits per heavy atom. The number of benzene rings is 4. The summed E-state index contributed by atoms with van der Waals surface area (Å²) >= 11 is 0. The summed E-state index contributed by atoms with van der Waals surface area (Å²) in [7, 11) is -1.34. The molecule has 0 saturated carbocycles. The van der Waals surface area contributed by atoms with Gasteiger partial charge in [0.05, 0.1) is 19.9 Å². The van der Waals surface area contributed by atoms with E-state index in [1.54, 1.807) is 18.2 Å². The molecule has 7 rings (SSSR count). The normalized spacial score (nSPS) is 12.4. The Kier molecular flexibility index (Phi) is 8.89. The number of hydrogen-bond donors (Lipinski definition) is 0. The molecule has 6 heteroatoms. The molecule has 3 nitrogen and oxygen atoms in total. The number of fused-ring (bicyclic) bond motifs is 3. The molecule has 0 atom stereocenters. The molecule has 4 aromatic carbocycles. The van der Waals surface area contributed by atoms with Gasteiger partial charge in [0.1, 0.15) is 11.4 Å². The van der Waals surface area contributed by atoms with Crippen LogP contribution in [0.5, 0.6) is 0 Å². The Hall–Kier alpha value is -4.22. The SMILES string of the molecule is Cc1cc(C)c(-c2cc(-c3[c-]ccc4c3oc3ccccc34)ncc2F)c(C)c1.[2H]C([2H])([2H])c1c[c-]c(-c2ccc([Si](C)(C)C)cn2)cc1.[Ir]. The fourth-order valence-corrected chi connectivity index (χ4v) is 6.87. The Bertz CT molecular complexity index is 2220. The van der Waals surface area contributed by atoms with Crippen LogP contribution < -0.4 is 5.19 Å². The van der Waals surface area contributed by atoms with Gasteiger partial charge in [-0.3, -0.25) is 0 Å². The summed E-state index contributed by atoms with van der Waals surface area (Å²) in [5.41, 5.74) is 9.58. The first-order valence-electron chi connectivity index (χ1n) is 16.8. The molecule has 0 spiro atoms. The number of halogens is 1. The summed E-state index contributed by atoms with van der Waals surface area (Å²) in [6, 6.07) is 33.0. The van der Waals surface area contributed by atoms with E-state index in [9.17, 15) is 4.39 Å². The van der Waals surface area contributed by atoms with Crippen molar-refractivity contribution in [3.05, 3.63) is 138 Å². The molecule has 0 fully saturated rings. The van der Waals surface area contributed by atoms with E-state index < -0.39 is 14.9 Å². The first-order chi connectivity index (χ1) is 23.2. The monoisotopic (exact) mass is 816 g/mol. The number of hydrogen-bond acceptors (Lipinski definition) is 3. The first kappa shape index (κ1) is 30.1. The second-order valence-electron chi connectivity index (χ2n) is 12.7. The van der Waals surface area contributed by atoms with Gasteiger partial charge in [-0.25, -0.2) is 4.39 Å². The summed E-state index contributed by atoms with van der Waals surface area (Å²) in [5, 5.41) is 3.36. The van der Waals surface area contributed by atoms with Crippen LogP contribution in [-0.2, 0) is 20.1 Å². The molecule has 0 bridgehead atoms. The molecule has 239 valence electrons. The predicted molar refractivity (Wildman–Crippen MR) is 192 cm³/mol. The smallest absolute Gasteiger partial charge is 0.147 e. The van der Waals surface area contributed by atoms with Crippen LogP contribution in [0.4, 0.5) is 4.39 Å². The van der Waals surface area contributed by atoms with E-state index in [0.717, 1.165) is 55.4 Å². The van der Waals surface area contributed by atoms with Gasteiger partial charge >= 0.3 is 0 Å². The predicted octanol–water partition coefficient (Wildman–Crippen LogP) is 10.6. The zero-order chi connectivity index (χ0) is 35.1. The van der Waals surface area contributed by atoms with Crippen molar-refractivity contribution in [2.45, 2.75) is 47.3 Å². The van der Waals surface area contributed by atoms with E-state index >= 15 is 0 Å². The van der Waals surface area contributed by atoms with Crippen LogP contribution in [0.1, 0.15) is 26.4 Å². The van der Waals surface area contributed by atoms with Gasteiger partial charge in [-0.15, -0.1) is 53.6 Å². The minimum atomic E-state index is -2.08. The van der Waals surface area contributed by atoms with Crippen molar-refractivity contribution in [2.24, 2.45) is 0 Å². The van der Waals surface area contributed by atoms with Crippen LogP contribution in [0, 0.1) is 45.6 Å². The first-order valence-corrected chi connectivity index (χ1v) is 18.8. The number of aryl methyl sites for hydroxylation is 4. The molecule has 7 aromatic rings. The molecule has 47 heavy (non-hydrogen) atoms. The summed E-state index contributed by atoms with van der Waals surface area (Å²) in [6.07, 6.45) is 3.21. The van der Waals surface area contributed by atoms with Crippen LogP contribution >= 0.6 is 0 Å². The average Bonchev–Trinajstić information content (AvgIpc) is 3.44. The molecule has 0 saturated heterocycles. The number of furan rings is 1.